The van der Waals surface area contributed by atoms with E-state index in [4.69, 9.17) is 11.5 Å². The Labute approximate surface area is 79.3 Å². The van der Waals surface area contributed by atoms with Crippen LogP contribution in [0, 0.1) is 11.8 Å². The first kappa shape index (κ1) is 10.5. The number of rotatable bonds is 3. The van der Waals surface area contributed by atoms with Crippen molar-refractivity contribution in [2.24, 2.45) is 23.3 Å². The van der Waals surface area contributed by atoms with Crippen molar-refractivity contribution >= 4 is 5.91 Å². The molecule has 0 spiro atoms. The zero-order chi connectivity index (χ0) is 10.0. The Bertz CT molecular complexity index is 185. The third-order valence-corrected chi connectivity index (χ3v) is 2.76. The molecule has 1 aliphatic heterocycles. The number of carbonyl (C=O) groups is 1. The average molecular weight is 185 g/mol. The zero-order valence-corrected chi connectivity index (χ0v) is 8.36. The van der Waals surface area contributed by atoms with Crippen LogP contribution in [-0.4, -0.2) is 36.5 Å². The maximum Gasteiger partial charge on any atom is 0.221 e. The predicted molar refractivity (Wildman–Crippen MR) is 51.9 cm³/mol. The Hall–Kier alpha value is -0.610. The minimum absolute atomic E-state index is 0.0718. The molecule has 1 fully saturated rings. The molecule has 0 aromatic carbocycles. The highest BCUT2D eigenvalue weighted by molar-refractivity contribution is 5.76. The summed E-state index contributed by atoms with van der Waals surface area (Å²) in [5.74, 6) is 0.228. The molecule has 0 bridgehead atoms. The van der Waals surface area contributed by atoms with Crippen LogP contribution in [0.4, 0.5) is 0 Å². The minimum Gasteiger partial charge on any atom is -0.369 e. The van der Waals surface area contributed by atoms with Crippen molar-refractivity contribution in [2.75, 3.05) is 19.6 Å². The van der Waals surface area contributed by atoms with Gasteiger partial charge in [0.25, 0.3) is 0 Å². The second-order valence-electron chi connectivity index (χ2n) is 4.16. The molecule has 0 radical (unpaired) electrons. The normalized spacial score (nSPS) is 31.9. The smallest absolute Gasteiger partial charge is 0.221 e. The molecule has 1 aliphatic rings. The number of nitrogens with zero attached hydrogens (tertiary/aromatic N) is 1. The monoisotopic (exact) mass is 185 g/mol. The van der Waals surface area contributed by atoms with Crippen molar-refractivity contribution in [3.05, 3.63) is 0 Å². The Morgan fingerprint density at radius 1 is 1.62 bits per heavy atom. The van der Waals surface area contributed by atoms with Gasteiger partial charge in [-0.3, -0.25) is 4.79 Å². The first-order valence-electron chi connectivity index (χ1n) is 4.78. The fourth-order valence-corrected chi connectivity index (χ4v) is 1.72. The fourth-order valence-electron chi connectivity index (χ4n) is 1.72. The molecule has 0 aliphatic carbocycles. The van der Waals surface area contributed by atoms with E-state index < -0.39 is 0 Å². The molecule has 3 unspecified atom stereocenters. The summed E-state index contributed by atoms with van der Waals surface area (Å²) in [5, 5.41) is 0. The molecule has 1 rings (SSSR count). The van der Waals surface area contributed by atoms with E-state index >= 15 is 0 Å². The van der Waals surface area contributed by atoms with Gasteiger partial charge in [-0.1, -0.05) is 13.8 Å². The van der Waals surface area contributed by atoms with Crippen molar-refractivity contribution in [1.82, 2.24) is 4.90 Å². The van der Waals surface area contributed by atoms with Gasteiger partial charge in [0.05, 0.1) is 0 Å². The molecule has 1 amide bonds. The first-order valence-corrected chi connectivity index (χ1v) is 4.78. The third-order valence-electron chi connectivity index (χ3n) is 2.76. The van der Waals surface area contributed by atoms with E-state index in [-0.39, 0.29) is 17.9 Å². The van der Waals surface area contributed by atoms with E-state index in [0.717, 1.165) is 19.6 Å². The maximum atomic E-state index is 10.8. The van der Waals surface area contributed by atoms with Gasteiger partial charge < -0.3 is 16.4 Å². The molecule has 4 nitrogen and oxygen atoms in total. The lowest BCUT2D eigenvalue weighted by molar-refractivity contribution is -0.121. The van der Waals surface area contributed by atoms with Crippen molar-refractivity contribution in [3.63, 3.8) is 0 Å². The van der Waals surface area contributed by atoms with Crippen molar-refractivity contribution in [1.29, 1.82) is 0 Å². The van der Waals surface area contributed by atoms with E-state index in [9.17, 15) is 4.79 Å². The van der Waals surface area contributed by atoms with Gasteiger partial charge in [-0.2, -0.15) is 0 Å². The van der Waals surface area contributed by atoms with E-state index in [1.165, 1.54) is 0 Å². The van der Waals surface area contributed by atoms with Crippen molar-refractivity contribution < 1.29 is 4.79 Å². The summed E-state index contributed by atoms with van der Waals surface area (Å²) in [6, 6.07) is 0.250. The standard InChI is InChI=1S/C9H19N3O/c1-6-3-12(5-8(6)10)4-7(2)9(11)13/h6-8H,3-5,10H2,1-2H3,(H2,11,13). The molecular weight excluding hydrogens is 166 g/mol. The van der Waals surface area contributed by atoms with Crippen molar-refractivity contribution in [2.45, 2.75) is 19.9 Å². The van der Waals surface area contributed by atoms with Gasteiger partial charge in [-0.15, -0.1) is 0 Å². The second kappa shape index (κ2) is 4.07. The number of amides is 1. The summed E-state index contributed by atoms with van der Waals surface area (Å²) in [5.41, 5.74) is 11.0. The van der Waals surface area contributed by atoms with Crippen molar-refractivity contribution in [3.8, 4) is 0 Å². The lowest BCUT2D eigenvalue weighted by Gasteiger charge is -2.18. The first-order chi connectivity index (χ1) is 6.00. The van der Waals surface area contributed by atoms with Crippen LogP contribution < -0.4 is 11.5 Å². The summed E-state index contributed by atoms with van der Waals surface area (Å²) >= 11 is 0. The summed E-state index contributed by atoms with van der Waals surface area (Å²) in [4.78, 5) is 13.0. The van der Waals surface area contributed by atoms with Crippen LogP contribution in [0.3, 0.4) is 0 Å². The molecule has 3 atom stereocenters. The highest BCUT2D eigenvalue weighted by Crippen LogP contribution is 2.15. The molecule has 1 saturated heterocycles. The number of primary amides is 1. The molecule has 0 aromatic rings. The number of carbonyl (C=O) groups excluding carboxylic acids is 1. The Morgan fingerprint density at radius 2 is 2.23 bits per heavy atom. The Kier molecular flexibility index (Phi) is 3.27. The largest absolute Gasteiger partial charge is 0.369 e. The molecule has 13 heavy (non-hydrogen) atoms. The van der Waals surface area contributed by atoms with Gasteiger partial charge in [0.2, 0.25) is 5.91 Å². The Balaban J connectivity index is 2.35. The van der Waals surface area contributed by atoms with E-state index in [2.05, 4.69) is 11.8 Å². The summed E-state index contributed by atoms with van der Waals surface area (Å²) < 4.78 is 0. The second-order valence-corrected chi connectivity index (χ2v) is 4.16. The van der Waals surface area contributed by atoms with E-state index in [1.54, 1.807) is 0 Å². The average Bonchev–Trinajstić information content (AvgIpc) is 2.31. The van der Waals surface area contributed by atoms with Crippen LogP contribution in [0.1, 0.15) is 13.8 Å². The lowest BCUT2D eigenvalue weighted by Crippen LogP contribution is -2.35. The fraction of sp³-hybridized carbons (Fsp3) is 0.889. The molecular formula is C9H19N3O. The van der Waals surface area contributed by atoms with Gasteiger partial charge >= 0.3 is 0 Å². The number of hydrogen-bond acceptors (Lipinski definition) is 3. The van der Waals surface area contributed by atoms with Gasteiger partial charge in [-0.05, 0) is 5.92 Å². The quantitative estimate of drug-likeness (QED) is 0.616. The highest BCUT2D eigenvalue weighted by atomic mass is 16.1. The van der Waals surface area contributed by atoms with Gasteiger partial charge in [0, 0.05) is 31.6 Å². The van der Waals surface area contributed by atoms with Crippen LogP contribution in [0.5, 0.6) is 0 Å². The summed E-state index contributed by atoms with van der Waals surface area (Å²) in [6.45, 7) is 6.61. The SMILES string of the molecule is CC(CN1CC(C)C(N)C1)C(N)=O. The van der Waals surface area contributed by atoms with E-state index in [1.807, 2.05) is 6.92 Å². The number of nitrogens with two attached hydrogens (primary N) is 2. The van der Waals surface area contributed by atoms with Crippen LogP contribution in [0.15, 0.2) is 0 Å². The highest BCUT2D eigenvalue weighted by Gasteiger charge is 2.27. The zero-order valence-electron chi connectivity index (χ0n) is 8.36. The van der Waals surface area contributed by atoms with Crippen LogP contribution >= 0.6 is 0 Å². The lowest BCUT2D eigenvalue weighted by atomic mass is 10.1. The van der Waals surface area contributed by atoms with Gasteiger partial charge in [0.15, 0.2) is 0 Å². The topological polar surface area (TPSA) is 72.3 Å². The Morgan fingerprint density at radius 3 is 2.62 bits per heavy atom. The van der Waals surface area contributed by atoms with Crippen LogP contribution in [0.25, 0.3) is 0 Å². The number of hydrogen-bond donors (Lipinski definition) is 2. The molecule has 0 saturated carbocycles. The predicted octanol–water partition coefficient (Wildman–Crippen LogP) is -0.613. The van der Waals surface area contributed by atoms with Gasteiger partial charge in [0.1, 0.15) is 0 Å². The van der Waals surface area contributed by atoms with Crippen LogP contribution in [0.2, 0.25) is 0 Å². The number of likely N-dealkylation sites (tertiary alicyclic amines) is 1. The molecule has 76 valence electrons. The minimum atomic E-state index is -0.229. The molecule has 4 heteroatoms. The summed E-state index contributed by atoms with van der Waals surface area (Å²) in [6.07, 6.45) is 0. The summed E-state index contributed by atoms with van der Waals surface area (Å²) in [7, 11) is 0. The molecule has 1 heterocycles. The third kappa shape index (κ3) is 2.67. The maximum absolute atomic E-state index is 10.8. The van der Waals surface area contributed by atoms with Gasteiger partial charge in [-0.25, -0.2) is 0 Å². The van der Waals surface area contributed by atoms with Crippen LogP contribution in [-0.2, 0) is 4.79 Å². The molecule has 0 aromatic heterocycles. The van der Waals surface area contributed by atoms with E-state index in [0.29, 0.717) is 5.92 Å². The molecule has 4 N–H and O–H groups in total.